The Kier molecular flexibility index (Phi) is 4.07. The van der Waals surface area contributed by atoms with Gasteiger partial charge in [0.15, 0.2) is 0 Å². The quantitative estimate of drug-likeness (QED) is 0.352. The lowest BCUT2D eigenvalue weighted by Gasteiger charge is -2.14. The summed E-state index contributed by atoms with van der Waals surface area (Å²) in [7, 11) is 0. The SMILES string of the molecule is O=[N+]([O-])c1ccc(-c2ccc(-c3ccccc3)n2-c2ccccc2)cc1. The Bertz CT molecular complexity index is 1040. The maximum Gasteiger partial charge on any atom is 0.269 e. The average Bonchev–Trinajstić information content (AvgIpc) is 3.14. The molecule has 0 bridgehead atoms. The molecule has 0 saturated carbocycles. The van der Waals surface area contributed by atoms with E-state index >= 15 is 0 Å². The van der Waals surface area contributed by atoms with Crippen molar-refractivity contribution in [3.8, 4) is 28.2 Å². The summed E-state index contributed by atoms with van der Waals surface area (Å²) in [6, 6.07) is 31.1. The van der Waals surface area contributed by atoms with E-state index in [1.165, 1.54) is 0 Å². The van der Waals surface area contributed by atoms with Gasteiger partial charge in [0.05, 0.1) is 16.3 Å². The van der Waals surface area contributed by atoms with Crippen molar-refractivity contribution in [3.63, 3.8) is 0 Å². The monoisotopic (exact) mass is 340 g/mol. The number of hydrogen-bond acceptors (Lipinski definition) is 2. The fourth-order valence-electron chi connectivity index (χ4n) is 3.11. The van der Waals surface area contributed by atoms with Crippen LogP contribution in [0, 0.1) is 10.1 Å². The zero-order valence-corrected chi connectivity index (χ0v) is 13.9. The topological polar surface area (TPSA) is 48.1 Å². The summed E-state index contributed by atoms with van der Waals surface area (Å²) in [6.45, 7) is 0. The van der Waals surface area contributed by atoms with E-state index < -0.39 is 0 Å². The van der Waals surface area contributed by atoms with E-state index in [0.29, 0.717) is 0 Å². The van der Waals surface area contributed by atoms with Crippen molar-refractivity contribution in [2.45, 2.75) is 0 Å². The second-order valence-corrected chi connectivity index (χ2v) is 5.94. The summed E-state index contributed by atoms with van der Waals surface area (Å²) in [5.74, 6) is 0. The second kappa shape index (κ2) is 6.69. The van der Waals surface area contributed by atoms with Crippen molar-refractivity contribution in [1.82, 2.24) is 4.57 Å². The molecule has 1 heterocycles. The molecule has 4 nitrogen and oxygen atoms in total. The number of nitro groups is 1. The molecule has 4 heteroatoms. The molecule has 1 aromatic heterocycles. The summed E-state index contributed by atoms with van der Waals surface area (Å²) in [4.78, 5) is 10.5. The van der Waals surface area contributed by atoms with Gasteiger partial charge in [0.25, 0.3) is 5.69 Å². The van der Waals surface area contributed by atoms with E-state index in [-0.39, 0.29) is 10.6 Å². The van der Waals surface area contributed by atoms with Crippen LogP contribution in [-0.2, 0) is 0 Å². The lowest BCUT2D eigenvalue weighted by atomic mass is 10.1. The molecule has 0 atom stereocenters. The van der Waals surface area contributed by atoms with Crippen molar-refractivity contribution in [2.24, 2.45) is 0 Å². The van der Waals surface area contributed by atoms with Crippen molar-refractivity contribution < 1.29 is 4.92 Å². The predicted molar refractivity (Wildman–Crippen MR) is 103 cm³/mol. The van der Waals surface area contributed by atoms with Gasteiger partial charge in [-0.15, -0.1) is 0 Å². The first-order valence-electron chi connectivity index (χ1n) is 8.31. The average molecular weight is 340 g/mol. The molecule has 4 aromatic rings. The third-order valence-electron chi connectivity index (χ3n) is 4.34. The van der Waals surface area contributed by atoms with Gasteiger partial charge in [0.2, 0.25) is 0 Å². The van der Waals surface area contributed by atoms with Crippen molar-refractivity contribution in [3.05, 3.63) is 107 Å². The fraction of sp³-hybridized carbons (Fsp3) is 0. The molecule has 0 saturated heterocycles. The third-order valence-corrected chi connectivity index (χ3v) is 4.34. The Morgan fingerprint density at radius 2 is 1.12 bits per heavy atom. The zero-order chi connectivity index (χ0) is 17.9. The first-order valence-corrected chi connectivity index (χ1v) is 8.31. The molecule has 0 aliphatic heterocycles. The van der Waals surface area contributed by atoms with Gasteiger partial charge >= 0.3 is 0 Å². The minimum atomic E-state index is -0.380. The summed E-state index contributed by atoms with van der Waals surface area (Å²) < 4.78 is 2.18. The number of aromatic nitrogens is 1. The van der Waals surface area contributed by atoms with Crippen molar-refractivity contribution >= 4 is 5.69 Å². The van der Waals surface area contributed by atoms with Crippen LogP contribution in [-0.4, -0.2) is 9.49 Å². The predicted octanol–water partition coefficient (Wildman–Crippen LogP) is 5.72. The maximum atomic E-state index is 10.9. The summed E-state index contributed by atoms with van der Waals surface area (Å²) in [5, 5.41) is 10.9. The fourth-order valence-corrected chi connectivity index (χ4v) is 3.11. The highest BCUT2D eigenvalue weighted by Gasteiger charge is 2.14. The lowest BCUT2D eigenvalue weighted by Crippen LogP contribution is -1.99. The Labute approximate surface area is 151 Å². The highest BCUT2D eigenvalue weighted by molar-refractivity contribution is 5.73. The molecule has 126 valence electrons. The molecule has 0 radical (unpaired) electrons. The normalized spacial score (nSPS) is 10.6. The second-order valence-electron chi connectivity index (χ2n) is 5.94. The van der Waals surface area contributed by atoms with Crippen LogP contribution in [0.25, 0.3) is 28.2 Å². The number of benzene rings is 3. The van der Waals surface area contributed by atoms with Gasteiger partial charge in [-0.2, -0.15) is 0 Å². The first-order chi connectivity index (χ1) is 12.7. The van der Waals surface area contributed by atoms with E-state index in [1.54, 1.807) is 24.3 Å². The molecule has 0 aliphatic carbocycles. The Hall–Kier alpha value is -3.66. The maximum absolute atomic E-state index is 10.9. The van der Waals surface area contributed by atoms with Gasteiger partial charge in [0, 0.05) is 17.8 Å². The molecular formula is C22H16N2O2. The molecule has 0 spiro atoms. The van der Waals surface area contributed by atoms with Gasteiger partial charge in [0.1, 0.15) is 0 Å². The first kappa shape index (κ1) is 15.8. The van der Waals surface area contributed by atoms with Crippen LogP contribution in [0.4, 0.5) is 5.69 Å². The number of para-hydroxylation sites is 1. The van der Waals surface area contributed by atoms with Gasteiger partial charge in [-0.3, -0.25) is 10.1 Å². The van der Waals surface area contributed by atoms with Gasteiger partial charge < -0.3 is 4.57 Å². The van der Waals surface area contributed by atoms with Gasteiger partial charge in [-0.05, 0) is 47.5 Å². The minimum absolute atomic E-state index is 0.0925. The lowest BCUT2D eigenvalue weighted by molar-refractivity contribution is -0.384. The molecule has 0 amide bonds. The Morgan fingerprint density at radius 1 is 0.615 bits per heavy atom. The van der Waals surface area contributed by atoms with Crippen LogP contribution >= 0.6 is 0 Å². The van der Waals surface area contributed by atoms with Crippen molar-refractivity contribution in [1.29, 1.82) is 0 Å². The zero-order valence-electron chi connectivity index (χ0n) is 13.9. The smallest absolute Gasteiger partial charge is 0.269 e. The number of nitro benzene ring substituents is 1. The number of rotatable bonds is 4. The van der Waals surface area contributed by atoms with Crippen LogP contribution in [0.3, 0.4) is 0 Å². The standard InChI is InChI=1S/C22H16N2O2/c25-24(26)20-13-11-18(12-14-20)22-16-15-21(17-7-3-1-4-8-17)23(22)19-9-5-2-6-10-19/h1-16H. The molecule has 26 heavy (non-hydrogen) atoms. The van der Waals surface area contributed by atoms with E-state index in [2.05, 4.69) is 41.0 Å². The van der Waals surface area contributed by atoms with E-state index in [4.69, 9.17) is 0 Å². The van der Waals surface area contributed by atoms with Crippen LogP contribution in [0.2, 0.25) is 0 Å². The van der Waals surface area contributed by atoms with Crippen LogP contribution in [0.15, 0.2) is 97.1 Å². The largest absolute Gasteiger partial charge is 0.309 e. The molecule has 0 N–H and O–H groups in total. The van der Waals surface area contributed by atoms with E-state index in [1.807, 2.05) is 36.4 Å². The summed E-state index contributed by atoms with van der Waals surface area (Å²) >= 11 is 0. The Balaban J connectivity index is 1.90. The molecule has 0 unspecified atom stereocenters. The van der Waals surface area contributed by atoms with E-state index in [9.17, 15) is 10.1 Å². The minimum Gasteiger partial charge on any atom is -0.309 e. The highest BCUT2D eigenvalue weighted by atomic mass is 16.6. The third kappa shape index (κ3) is 2.89. The molecule has 0 aliphatic rings. The van der Waals surface area contributed by atoms with Crippen molar-refractivity contribution in [2.75, 3.05) is 0 Å². The summed E-state index contributed by atoms with van der Waals surface area (Å²) in [5.41, 5.74) is 5.25. The molecular weight excluding hydrogens is 324 g/mol. The Morgan fingerprint density at radius 3 is 1.65 bits per heavy atom. The van der Waals surface area contributed by atoms with E-state index in [0.717, 1.165) is 28.2 Å². The summed E-state index contributed by atoms with van der Waals surface area (Å²) in [6.07, 6.45) is 0. The number of hydrogen-bond donors (Lipinski definition) is 0. The number of nitrogens with zero attached hydrogens (tertiary/aromatic N) is 2. The van der Waals surface area contributed by atoms with Crippen LogP contribution in [0.5, 0.6) is 0 Å². The van der Waals surface area contributed by atoms with Gasteiger partial charge in [-0.25, -0.2) is 0 Å². The number of non-ortho nitro benzene ring substituents is 1. The van der Waals surface area contributed by atoms with Gasteiger partial charge in [-0.1, -0.05) is 48.5 Å². The highest BCUT2D eigenvalue weighted by Crippen LogP contribution is 2.32. The molecule has 3 aromatic carbocycles. The molecule has 4 rings (SSSR count). The molecule has 0 fully saturated rings. The van der Waals surface area contributed by atoms with Crippen LogP contribution in [0.1, 0.15) is 0 Å². The van der Waals surface area contributed by atoms with Crippen LogP contribution < -0.4 is 0 Å².